The van der Waals surface area contributed by atoms with Gasteiger partial charge in [-0.15, -0.1) is 16.9 Å². The largest absolute Gasteiger partial charge is 0.477 e. The maximum absolute atomic E-state index is 13.3. The van der Waals surface area contributed by atoms with E-state index in [0.717, 1.165) is 9.21 Å². The highest BCUT2D eigenvalue weighted by atomic mass is 32.2. The number of aromatic nitrogens is 4. The third-order valence-electron chi connectivity index (χ3n) is 4.73. The van der Waals surface area contributed by atoms with Gasteiger partial charge < -0.3 is 9.84 Å². The number of thioether (sulfide) groups is 2. The van der Waals surface area contributed by atoms with Crippen molar-refractivity contribution in [1.29, 1.82) is 0 Å². The number of aliphatic carboxylic acids is 1. The van der Waals surface area contributed by atoms with Crippen molar-refractivity contribution in [3.05, 3.63) is 11.3 Å². The zero-order valence-electron chi connectivity index (χ0n) is 17.3. The van der Waals surface area contributed by atoms with Crippen molar-refractivity contribution < 1.29 is 28.4 Å². The number of rotatable bonds is 9. The first-order valence-corrected chi connectivity index (χ1v) is 12.5. The fourth-order valence-electron chi connectivity index (χ4n) is 3.43. The molecule has 12 nitrogen and oxygen atoms in total. The molecular formula is C16H22N6O6S3. The molecule has 3 rings (SSSR count). The number of carboxylic acids is 1. The number of hydrogen-bond donors (Lipinski definition) is 1. The number of amides is 2. The van der Waals surface area contributed by atoms with E-state index in [9.17, 15) is 23.7 Å². The molecule has 31 heavy (non-hydrogen) atoms. The van der Waals surface area contributed by atoms with E-state index >= 15 is 0 Å². The van der Waals surface area contributed by atoms with Gasteiger partial charge in [0.25, 0.3) is 11.6 Å². The second kappa shape index (κ2) is 9.26. The fraction of sp³-hybridized carbons (Fsp3) is 0.625. The molecule has 2 amide bonds. The maximum Gasteiger partial charge on any atom is 0.352 e. The fourth-order valence-corrected chi connectivity index (χ4v) is 7.34. The molecule has 1 fully saturated rings. The van der Waals surface area contributed by atoms with E-state index in [2.05, 4.69) is 15.5 Å². The minimum Gasteiger partial charge on any atom is -0.477 e. The third-order valence-corrected chi connectivity index (χ3v) is 8.88. The summed E-state index contributed by atoms with van der Waals surface area (Å²) in [5.74, 6) is -1.86. The van der Waals surface area contributed by atoms with Crippen LogP contribution in [-0.4, -0.2) is 92.0 Å². The van der Waals surface area contributed by atoms with E-state index in [1.807, 2.05) is 6.92 Å². The summed E-state index contributed by atoms with van der Waals surface area (Å²) in [5.41, 5.74) is -1.46. The Morgan fingerprint density at radius 1 is 1.48 bits per heavy atom. The number of carboxylic acid groups (broad SMARTS) is 1. The topological polar surface area (TPSA) is 148 Å². The van der Waals surface area contributed by atoms with Gasteiger partial charge in [0.2, 0.25) is 11.1 Å². The molecule has 0 saturated carbocycles. The minimum absolute atomic E-state index is 0.158. The Labute approximate surface area is 189 Å². The molecule has 1 aromatic rings. The predicted molar refractivity (Wildman–Crippen MR) is 113 cm³/mol. The lowest BCUT2D eigenvalue weighted by molar-refractivity contribution is -0.208. The summed E-state index contributed by atoms with van der Waals surface area (Å²) in [5, 5.41) is 20.7. The zero-order valence-corrected chi connectivity index (χ0v) is 19.8. The molecule has 1 saturated heterocycles. The van der Waals surface area contributed by atoms with E-state index in [4.69, 9.17) is 4.74 Å². The molecule has 0 aliphatic carbocycles. The minimum atomic E-state index is -1.82. The second-order valence-corrected chi connectivity index (χ2v) is 10.1. The molecule has 170 valence electrons. The molecule has 2 aliphatic rings. The third kappa shape index (κ3) is 3.87. The van der Waals surface area contributed by atoms with Crippen LogP contribution < -0.4 is 0 Å². The number of ether oxygens (including phenoxy) is 1. The van der Waals surface area contributed by atoms with Crippen molar-refractivity contribution in [2.24, 2.45) is 7.05 Å². The van der Waals surface area contributed by atoms with Crippen LogP contribution >= 0.6 is 23.5 Å². The SMILES string of the molecule is CCCS(=O)N(C(C)=O)[C@]1(OC)C(=O)N2C(C(=O)O)=C(CSc3nnnn3C)CS[C@@H]21. The molecule has 0 spiro atoms. The van der Waals surface area contributed by atoms with Crippen LogP contribution in [0.25, 0.3) is 0 Å². The lowest BCUT2D eigenvalue weighted by atomic mass is 9.98. The standard InChI is InChI=1S/C16H22N6O6S3/c1-5-6-31(27)22(9(2)23)16(28-4)13(26)21-11(12(24)25)10(7-29-14(16)21)8-30-15-17-18-19-20(15)3/h14H,5-8H2,1-4H3,(H,24,25)/t14-,16+,31?/m1/s1. The van der Waals surface area contributed by atoms with Gasteiger partial charge in [-0.1, -0.05) is 18.7 Å². The van der Waals surface area contributed by atoms with Gasteiger partial charge in [-0.3, -0.25) is 14.5 Å². The van der Waals surface area contributed by atoms with Crippen LogP contribution in [0, 0.1) is 0 Å². The molecule has 1 unspecified atom stereocenters. The molecule has 0 bridgehead atoms. The molecule has 3 atom stereocenters. The summed E-state index contributed by atoms with van der Waals surface area (Å²) in [7, 11) is 1.13. The Hall–Kier alpha value is -1.97. The highest BCUT2D eigenvalue weighted by Crippen LogP contribution is 2.50. The maximum atomic E-state index is 13.3. The van der Waals surface area contributed by atoms with Crippen LogP contribution in [0.4, 0.5) is 0 Å². The Bertz CT molecular complexity index is 967. The first kappa shape index (κ1) is 23.7. The number of carbonyl (C=O) groups is 3. The first-order valence-electron chi connectivity index (χ1n) is 9.20. The molecule has 1 aromatic heterocycles. The Kier molecular flexibility index (Phi) is 7.08. The van der Waals surface area contributed by atoms with Crippen LogP contribution in [0.15, 0.2) is 16.4 Å². The smallest absolute Gasteiger partial charge is 0.352 e. The van der Waals surface area contributed by atoms with Crippen LogP contribution in [0.5, 0.6) is 0 Å². The second-order valence-electron chi connectivity index (χ2n) is 6.71. The van der Waals surface area contributed by atoms with Crippen LogP contribution in [0.1, 0.15) is 20.3 Å². The number of aryl methyl sites for hydroxylation is 1. The quantitative estimate of drug-likeness (QED) is 0.279. The molecule has 15 heteroatoms. The molecule has 3 heterocycles. The van der Waals surface area contributed by atoms with Crippen molar-refractivity contribution in [1.82, 2.24) is 29.4 Å². The molecule has 0 aromatic carbocycles. The van der Waals surface area contributed by atoms with Gasteiger partial charge in [0.15, 0.2) is 0 Å². The first-order chi connectivity index (χ1) is 14.7. The van der Waals surface area contributed by atoms with E-state index < -0.39 is 39.9 Å². The predicted octanol–water partition coefficient (Wildman–Crippen LogP) is -0.179. The average molecular weight is 491 g/mol. The highest BCUT2D eigenvalue weighted by molar-refractivity contribution is 8.01. The number of β-lactam (4-membered cyclic amide) rings is 1. The van der Waals surface area contributed by atoms with Gasteiger partial charge in [0.05, 0.1) is 0 Å². The number of nitrogens with zero attached hydrogens (tertiary/aromatic N) is 6. The van der Waals surface area contributed by atoms with Gasteiger partial charge >= 0.3 is 5.97 Å². The van der Waals surface area contributed by atoms with Crippen molar-refractivity contribution in [2.75, 3.05) is 24.4 Å². The lowest BCUT2D eigenvalue weighted by Crippen LogP contribution is -2.81. The van der Waals surface area contributed by atoms with E-state index in [-0.39, 0.29) is 23.0 Å². The van der Waals surface area contributed by atoms with Gasteiger partial charge in [0.1, 0.15) is 22.1 Å². The van der Waals surface area contributed by atoms with Crippen molar-refractivity contribution in [2.45, 2.75) is 36.5 Å². The molecule has 0 radical (unpaired) electrons. The van der Waals surface area contributed by atoms with Crippen LogP contribution in [-0.2, 0) is 37.2 Å². The van der Waals surface area contributed by atoms with E-state index in [1.54, 1.807) is 7.05 Å². The van der Waals surface area contributed by atoms with E-state index in [0.29, 0.717) is 17.2 Å². The van der Waals surface area contributed by atoms with Crippen molar-refractivity contribution in [3.8, 4) is 0 Å². The Balaban J connectivity index is 1.94. The summed E-state index contributed by atoms with van der Waals surface area (Å²) in [6.45, 7) is 3.02. The number of methoxy groups -OCH3 is 1. The van der Waals surface area contributed by atoms with Gasteiger partial charge in [-0.25, -0.2) is 18.0 Å². The summed E-state index contributed by atoms with van der Waals surface area (Å²) in [6, 6.07) is 0. The van der Waals surface area contributed by atoms with E-state index in [1.165, 1.54) is 42.2 Å². The molecular weight excluding hydrogens is 468 g/mol. The zero-order chi connectivity index (χ0) is 22.9. The van der Waals surface area contributed by atoms with Crippen molar-refractivity contribution >= 4 is 52.3 Å². The summed E-state index contributed by atoms with van der Waals surface area (Å²) in [4.78, 5) is 38.8. The number of fused-ring (bicyclic) bond motifs is 1. The summed E-state index contributed by atoms with van der Waals surface area (Å²) >= 11 is 2.51. The Morgan fingerprint density at radius 3 is 2.71 bits per heavy atom. The molecule has 1 N–H and O–H groups in total. The van der Waals surface area contributed by atoms with Gasteiger partial charge in [0, 0.05) is 38.3 Å². The van der Waals surface area contributed by atoms with Gasteiger partial charge in [-0.05, 0) is 22.4 Å². The van der Waals surface area contributed by atoms with Crippen LogP contribution in [0.2, 0.25) is 0 Å². The summed E-state index contributed by atoms with van der Waals surface area (Å²) in [6.07, 6.45) is 0.532. The number of tetrazole rings is 1. The van der Waals surface area contributed by atoms with Gasteiger partial charge in [-0.2, -0.15) is 0 Å². The highest BCUT2D eigenvalue weighted by Gasteiger charge is 2.70. The summed E-state index contributed by atoms with van der Waals surface area (Å²) < 4.78 is 20.6. The number of hydrogen-bond acceptors (Lipinski definition) is 10. The Morgan fingerprint density at radius 2 is 2.19 bits per heavy atom. The molecule has 2 aliphatic heterocycles. The lowest BCUT2D eigenvalue weighted by Gasteiger charge is -2.58. The van der Waals surface area contributed by atoms with Crippen molar-refractivity contribution in [3.63, 3.8) is 0 Å². The average Bonchev–Trinajstić information content (AvgIpc) is 3.13. The normalized spacial score (nSPS) is 23.9. The number of carbonyl (C=O) groups excluding carboxylic acids is 2. The van der Waals surface area contributed by atoms with Crippen LogP contribution in [0.3, 0.4) is 0 Å². The monoisotopic (exact) mass is 490 g/mol.